The van der Waals surface area contributed by atoms with Crippen molar-refractivity contribution in [1.82, 2.24) is 20.0 Å². The van der Waals surface area contributed by atoms with Crippen LogP contribution in [0.4, 0.5) is 0 Å². The summed E-state index contributed by atoms with van der Waals surface area (Å²) in [7, 11) is 0. The van der Waals surface area contributed by atoms with Gasteiger partial charge in [0.25, 0.3) is 5.91 Å². The van der Waals surface area contributed by atoms with Gasteiger partial charge in [-0.1, -0.05) is 33.1 Å². The van der Waals surface area contributed by atoms with Crippen LogP contribution in [0.2, 0.25) is 0 Å². The molecule has 1 saturated carbocycles. The topological polar surface area (TPSA) is 59.4 Å². The van der Waals surface area contributed by atoms with Gasteiger partial charge in [-0.05, 0) is 31.7 Å². The Hall–Kier alpha value is -1.40. The molecule has 2 aliphatic rings. The number of nitrogens with zero attached hydrogens (tertiary/aromatic N) is 3. The molecule has 1 aliphatic heterocycles. The van der Waals surface area contributed by atoms with Gasteiger partial charge < -0.3 is 10.1 Å². The van der Waals surface area contributed by atoms with Gasteiger partial charge in [0.05, 0.1) is 18.9 Å². The third-order valence-electron chi connectivity index (χ3n) is 5.97. The molecule has 1 N–H and O–H groups in total. The minimum atomic E-state index is 0.00413. The lowest BCUT2D eigenvalue weighted by Gasteiger charge is -2.48. The van der Waals surface area contributed by atoms with Crippen molar-refractivity contribution in [2.75, 3.05) is 32.8 Å². The molecular weight excluding hydrogens is 328 g/mol. The molecule has 2 fully saturated rings. The average molecular weight is 363 g/mol. The van der Waals surface area contributed by atoms with Crippen LogP contribution in [-0.2, 0) is 11.3 Å². The van der Waals surface area contributed by atoms with Crippen LogP contribution in [-0.4, -0.2) is 59.0 Å². The quantitative estimate of drug-likeness (QED) is 0.845. The summed E-state index contributed by atoms with van der Waals surface area (Å²) in [6.07, 6.45) is 6.13. The van der Waals surface area contributed by atoms with Crippen LogP contribution in [0, 0.1) is 0 Å². The van der Waals surface area contributed by atoms with Crippen molar-refractivity contribution < 1.29 is 9.53 Å². The van der Waals surface area contributed by atoms with E-state index < -0.39 is 0 Å². The number of nitrogens with one attached hydrogen (secondary N) is 1. The molecule has 1 amide bonds. The van der Waals surface area contributed by atoms with E-state index in [2.05, 4.69) is 29.2 Å². The fourth-order valence-corrected chi connectivity index (χ4v) is 4.33. The first-order valence-electron chi connectivity index (χ1n) is 10.2. The van der Waals surface area contributed by atoms with Crippen molar-refractivity contribution in [3.63, 3.8) is 0 Å². The average Bonchev–Trinajstić information content (AvgIpc) is 3.12. The first kappa shape index (κ1) is 19.4. The normalized spacial score (nSPS) is 21.1. The van der Waals surface area contributed by atoms with E-state index in [0.29, 0.717) is 18.2 Å². The standard InChI is InChI=1S/C20H34N4O2/c1-4-24-18(14-17(22-24)16(2)3)19(25)21-15-20(8-6-5-7-9-20)23-10-12-26-13-11-23/h14,16H,4-13,15H2,1-3H3,(H,21,25). The summed E-state index contributed by atoms with van der Waals surface area (Å²) in [4.78, 5) is 15.5. The van der Waals surface area contributed by atoms with Crippen molar-refractivity contribution in [2.24, 2.45) is 0 Å². The van der Waals surface area contributed by atoms with Crippen LogP contribution < -0.4 is 5.32 Å². The molecule has 1 saturated heterocycles. The molecule has 1 aromatic rings. The number of hydrogen-bond acceptors (Lipinski definition) is 4. The largest absolute Gasteiger partial charge is 0.379 e. The summed E-state index contributed by atoms with van der Waals surface area (Å²) in [5.41, 5.74) is 1.76. The maximum atomic E-state index is 12.9. The summed E-state index contributed by atoms with van der Waals surface area (Å²) in [6, 6.07) is 1.95. The van der Waals surface area contributed by atoms with Crippen molar-refractivity contribution in [3.8, 4) is 0 Å². The molecule has 2 heterocycles. The van der Waals surface area contributed by atoms with Crippen molar-refractivity contribution in [3.05, 3.63) is 17.5 Å². The molecule has 26 heavy (non-hydrogen) atoms. The Morgan fingerprint density at radius 2 is 1.96 bits per heavy atom. The predicted molar refractivity (Wildman–Crippen MR) is 103 cm³/mol. The van der Waals surface area contributed by atoms with Crippen LogP contribution in [0.1, 0.15) is 75.0 Å². The lowest BCUT2D eigenvalue weighted by Crippen LogP contribution is -2.59. The predicted octanol–water partition coefficient (Wildman–Crippen LogP) is 2.79. The molecule has 0 spiro atoms. The highest BCUT2D eigenvalue weighted by Crippen LogP contribution is 2.34. The molecular formula is C20H34N4O2. The Balaban J connectivity index is 1.71. The molecule has 3 rings (SSSR count). The summed E-state index contributed by atoms with van der Waals surface area (Å²) >= 11 is 0. The molecule has 1 aromatic heterocycles. The van der Waals surface area contributed by atoms with Gasteiger partial charge in [0.15, 0.2) is 0 Å². The van der Waals surface area contributed by atoms with E-state index in [1.54, 1.807) is 0 Å². The third-order valence-corrected chi connectivity index (χ3v) is 5.97. The summed E-state index contributed by atoms with van der Waals surface area (Å²) in [5, 5.41) is 7.83. The number of amides is 1. The Labute approximate surface area is 157 Å². The van der Waals surface area contributed by atoms with Crippen LogP contribution in [0.15, 0.2) is 6.07 Å². The highest BCUT2D eigenvalue weighted by molar-refractivity contribution is 5.92. The monoisotopic (exact) mass is 362 g/mol. The molecule has 0 atom stereocenters. The van der Waals surface area contributed by atoms with Crippen LogP contribution >= 0.6 is 0 Å². The molecule has 0 bridgehead atoms. The Morgan fingerprint density at radius 3 is 2.58 bits per heavy atom. The number of aryl methyl sites for hydroxylation is 1. The lowest BCUT2D eigenvalue weighted by molar-refractivity contribution is -0.0361. The van der Waals surface area contributed by atoms with Gasteiger partial charge in [0.2, 0.25) is 0 Å². The van der Waals surface area contributed by atoms with E-state index in [1.165, 1.54) is 19.3 Å². The first-order chi connectivity index (χ1) is 12.6. The third kappa shape index (κ3) is 4.12. The fourth-order valence-electron chi connectivity index (χ4n) is 4.33. The van der Waals surface area contributed by atoms with Crippen molar-refractivity contribution in [1.29, 1.82) is 0 Å². The second-order valence-electron chi connectivity index (χ2n) is 7.99. The number of carbonyl (C=O) groups excluding carboxylic acids is 1. The zero-order chi connectivity index (χ0) is 18.6. The SMILES string of the molecule is CCn1nc(C(C)C)cc1C(=O)NCC1(N2CCOCC2)CCCCC1. The molecule has 0 unspecified atom stereocenters. The second kappa shape index (κ2) is 8.53. The van der Waals surface area contributed by atoms with Crippen LogP contribution in [0.3, 0.4) is 0 Å². The van der Waals surface area contributed by atoms with E-state index in [0.717, 1.165) is 51.4 Å². The zero-order valence-corrected chi connectivity index (χ0v) is 16.6. The number of morpholine rings is 1. The van der Waals surface area contributed by atoms with E-state index in [1.807, 2.05) is 17.7 Å². The van der Waals surface area contributed by atoms with Crippen LogP contribution in [0.5, 0.6) is 0 Å². The molecule has 146 valence electrons. The maximum absolute atomic E-state index is 12.9. The van der Waals surface area contributed by atoms with Gasteiger partial charge >= 0.3 is 0 Å². The van der Waals surface area contributed by atoms with Gasteiger partial charge in [-0.3, -0.25) is 14.4 Å². The van der Waals surface area contributed by atoms with Gasteiger partial charge in [-0.25, -0.2) is 0 Å². The first-order valence-corrected chi connectivity index (χ1v) is 10.2. The summed E-state index contributed by atoms with van der Waals surface area (Å²) in [5.74, 6) is 0.330. The molecule has 6 nitrogen and oxygen atoms in total. The second-order valence-corrected chi connectivity index (χ2v) is 7.99. The molecule has 0 aromatic carbocycles. The summed E-state index contributed by atoms with van der Waals surface area (Å²) < 4.78 is 7.37. The number of rotatable bonds is 6. The summed E-state index contributed by atoms with van der Waals surface area (Å²) in [6.45, 7) is 11.2. The minimum Gasteiger partial charge on any atom is -0.379 e. The lowest BCUT2D eigenvalue weighted by atomic mass is 9.79. The zero-order valence-electron chi connectivity index (χ0n) is 16.6. The van der Waals surface area contributed by atoms with Crippen LogP contribution in [0.25, 0.3) is 0 Å². The number of hydrogen-bond donors (Lipinski definition) is 1. The Kier molecular flexibility index (Phi) is 6.35. The Morgan fingerprint density at radius 1 is 1.27 bits per heavy atom. The van der Waals surface area contributed by atoms with Gasteiger partial charge in [-0.15, -0.1) is 0 Å². The fraction of sp³-hybridized carbons (Fsp3) is 0.800. The number of aromatic nitrogens is 2. The van der Waals surface area contributed by atoms with Crippen molar-refractivity contribution >= 4 is 5.91 Å². The van der Waals surface area contributed by atoms with E-state index in [-0.39, 0.29) is 11.4 Å². The highest BCUT2D eigenvalue weighted by atomic mass is 16.5. The molecule has 0 radical (unpaired) electrons. The smallest absolute Gasteiger partial charge is 0.269 e. The number of ether oxygens (including phenoxy) is 1. The minimum absolute atomic E-state index is 0.00413. The Bertz CT molecular complexity index is 599. The van der Waals surface area contributed by atoms with E-state index in [4.69, 9.17) is 4.74 Å². The van der Waals surface area contributed by atoms with Crippen molar-refractivity contribution in [2.45, 2.75) is 70.9 Å². The van der Waals surface area contributed by atoms with E-state index in [9.17, 15) is 4.79 Å². The van der Waals surface area contributed by atoms with E-state index >= 15 is 0 Å². The van der Waals surface area contributed by atoms with Gasteiger partial charge in [0.1, 0.15) is 5.69 Å². The highest BCUT2D eigenvalue weighted by Gasteiger charge is 2.39. The molecule has 6 heteroatoms. The van der Waals surface area contributed by atoms with Gasteiger partial charge in [0, 0.05) is 31.7 Å². The maximum Gasteiger partial charge on any atom is 0.269 e. The molecule has 1 aliphatic carbocycles. The number of carbonyl (C=O) groups is 1. The van der Waals surface area contributed by atoms with Gasteiger partial charge in [-0.2, -0.15) is 5.10 Å².